The van der Waals surface area contributed by atoms with Crippen molar-refractivity contribution in [3.05, 3.63) is 71.0 Å². The van der Waals surface area contributed by atoms with E-state index in [0.717, 1.165) is 16.1 Å². The lowest BCUT2D eigenvalue weighted by molar-refractivity contribution is 0.122. The van der Waals surface area contributed by atoms with Gasteiger partial charge in [0.05, 0.1) is 10.6 Å². The van der Waals surface area contributed by atoms with Crippen molar-refractivity contribution in [1.29, 1.82) is 0 Å². The van der Waals surface area contributed by atoms with Crippen molar-refractivity contribution >= 4 is 28.1 Å². The molecule has 2 aromatic carbocycles. The summed E-state index contributed by atoms with van der Waals surface area (Å²) in [4.78, 5) is 18.2. The highest BCUT2D eigenvalue weighted by atomic mass is 32.1. The van der Waals surface area contributed by atoms with Gasteiger partial charge in [0.25, 0.3) is 0 Å². The largest absolute Gasteiger partial charge is 0.440 e. The predicted octanol–water partition coefficient (Wildman–Crippen LogP) is 5.22. The third-order valence-corrected chi connectivity index (χ3v) is 5.52. The normalized spacial score (nSPS) is 12.1. The van der Waals surface area contributed by atoms with Crippen LogP contribution in [0.1, 0.15) is 23.6 Å². The minimum absolute atomic E-state index is 0.303. The molecular weight excluding hydrogens is 379 g/mol. The van der Waals surface area contributed by atoms with Gasteiger partial charge in [-0.3, -0.25) is 5.32 Å². The van der Waals surface area contributed by atoms with Gasteiger partial charge in [0.15, 0.2) is 5.82 Å². The number of thiazole rings is 1. The van der Waals surface area contributed by atoms with Crippen molar-refractivity contribution in [3.63, 3.8) is 0 Å². The monoisotopic (exact) mass is 396 g/mol. The quantitative estimate of drug-likeness (QED) is 0.514. The highest BCUT2D eigenvalue weighted by Gasteiger charge is 2.21. The van der Waals surface area contributed by atoms with Crippen molar-refractivity contribution < 1.29 is 13.9 Å². The van der Waals surface area contributed by atoms with Crippen LogP contribution in [0.5, 0.6) is 0 Å². The zero-order chi connectivity index (χ0) is 19.7. The Morgan fingerprint density at radius 3 is 2.57 bits per heavy atom. The first-order valence-corrected chi connectivity index (χ1v) is 9.47. The molecule has 0 fully saturated rings. The third kappa shape index (κ3) is 3.59. The van der Waals surface area contributed by atoms with Crippen LogP contribution in [0.25, 0.3) is 16.3 Å². The number of amides is 1. The van der Waals surface area contributed by atoms with Crippen LogP contribution in [0.3, 0.4) is 0 Å². The maximum absolute atomic E-state index is 13.1. The molecule has 2 heterocycles. The summed E-state index contributed by atoms with van der Waals surface area (Å²) in [5, 5.41) is 7.20. The number of para-hydroxylation sites is 1. The standard InChI is InChI=1S/C20H17FN4O2S/c1-12-17(13(2)27-20(26)22-16-6-4-3-5-7-16)28-19-23-18(24-25(12)19)14-8-10-15(21)11-9-14/h3-11,13H,1-2H3,(H,22,26). The van der Waals surface area contributed by atoms with Gasteiger partial charge in [0, 0.05) is 11.3 Å². The van der Waals surface area contributed by atoms with Crippen LogP contribution in [-0.2, 0) is 4.74 Å². The molecule has 0 saturated carbocycles. The average molecular weight is 396 g/mol. The second-order valence-electron chi connectivity index (χ2n) is 6.23. The van der Waals surface area contributed by atoms with Gasteiger partial charge in [-0.15, -0.1) is 5.10 Å². The van der Waals surface area contributed by atoms with Gasteiger partial charge >= 0.3 is 6.09 Å². The van der Waals surface area contributed by atoms with E-state index in [1.54, 1.807) is 28.8 Å². The summed E-state index contributed by atoms with van der Waals surface area (Å²) in [7, 11) is 0. The van der Waals surface area contributed by atoms with Crippen molar-refractivity contribution in [2.45, 2.75) is 20.0 Å². The summed E-state index contributed by atoms with van der Waals surface area (Å²) in [6, 6.07) is 15.2. The van der Waals surface area contributed by atoms with Gasteiger partial charge in [-0.25, -0.2) is 13.7 Å². The van der Waals surface area contributed by atoms with Crippen LogP contribution >= 0.6 is 11.3 Å². The molecule has 0 aliphatic rings. The summed E-state index contributed by atoms with van der Waals surface area (Å²) in [6.45, 7) is 3.71. The second-order valence-corrected chi connectivity index (χ2v) is 7.24. The Hall–Kier alpha value is -3.26. The Bertz CT molecular complexity index is 1120. The number of aromatic nitrogens is 3. The second kappa shape index (κ2) is 7.40. The molecule has 0 aliphatic carbocycles. The van der Waals surface area contributed by atoms with Gasteiger partial charge < -0.3 is 4.74 Å². The zero-order valence-corrected chi connectivity index (χ0v) is 16.0. The Kier molecular flexibility index (Phi) is 4.79. The number of hydrogen-bond donors (Lipinski definition) is 1. The number of rotatable bonds is 4. The maximum atomic E-state index is 13.1. The number of carbonyl (C=O) groups excluding carboxylic acids is 1. The average Bonchev–Trinajstić information content (AvgIpc) is 3.23. The zero-order valence-electron chi connectivity index (χ0n) is 15.2. The van der Waals surface area contributed by atoms with Crippen LogP contribution < -0.4 is 5.32 Å². The maximum Gasteiger partial charge on any atom is 0.412 e. The van der Waals surface area contributed by atoms with E-state index in [4.69, 9.17) is 4.74 Å². The molecule has 0 aliphatic heterocycles. The van der Waals surface area contributed by atoms with E-state index >= 15 is 0 Å². The summed E-state index contributed by atoms with van der Waals surface area (Å²) in [5.74, 6) is 0.222. The first-order chi connectivity index (χ1) is 13.5. The van der Waals surface area contributed by atoms with Crippen molar-refractivity contribution in [2.24, 2.45) is 0 Å². The van der Waals surface area contributed by atoms with E-state index in [9.17, 15) is 9.18 Å². The van der Waals surface area contributed by atoms with E-state index in [0.29, 0.717) is 16.5 Å². The highest BCUT2D eigenvalue weighted by Crippen LogP contribution is 2.31. The molecule has 1 unspecified atom stereocenters. The minimum atomic E-state index is -0.524. The first-order valence-electron chi connectivity index (χ1n) is 8.66. The molecule has 0 saturated heterocycles. The fraction of sp³-hybridized carbons (Fsp3) is 0.150. The lowest BCUT2D eigenvalue weighted by Gasteiger charge is -2.13. The number of carbonyl (C=O) groups is 1. The Labute approximate surface area is 164 Å². The molecule has 4 aromatic rings. The van der Waals surface area contributed by atoms with Gasteiger partial charge in [0.2, 0.25) is 4.96 Å². The number of benzene rings is 2. The van der Waals surface area contributed by atoms with Gasteiger partial charge in [0.1, 0.15) is 11.9 Å². The van der Waals surface area contributed by atoms with Crippen LogP contribution in [0.15, 0.2) is 54.6 Å². The molecule has 4 rings (SSSR count). The molecular formula is C20H17FN4O2S. The highest BCUT2D eigenvalue weighted by molar-refractivity contribution is 7.17. The molecule has 28 heavy (non-hydrogen) atoms. The number of halogens is 1. The van der Waals surface area contributed by atoms with Crippen LogP contribution in [0.4, 0.5) is 14.9 Å². The molecule has 0 bridgehead atoms. The molecule has 1 amide bonds. The predicted molar refractivity (Wildman–Crippen MR) is 106 cm³/mol. The number of hydrogen-bond acceptors (Lipinski definition) is 5. The van der Waals surface area contributed by atoms with Crippen molar-refractivity contribution in [1.82, 2.24) is 14.6 Å². The number of nitrogens with one attached hydrogen (secondary N) is 1. The number of nitrogens with zero attached hydrogens (tertiary/aromatic N) is 3. The Morgan fingerprint density at radius 1 is 1.18 bits per heavy atom. The molecule has 1 N–H and O–H groups in total. The van der Waals surface area contributed by atoms with Crippen LogP contribution in [-0.4, -0.2) is 20.7 Å². The number of ether oxygens (including phenoxy) is 1. The van der Waals surface area contributed by atoms with Gasteiger partial charge in [-0.1, -0.05) is 29.5 Å². The fourth-order valence-corrected chi connectivity index (χ4v) is 3.88. The van der Waals surface area contributed by atoms with Crippen LogP contribution in [0, 0.1) is 12.7 Å². The van der Waals surface area contributed by atoms with Crippen LogP contribution in [0.2, 0.25) is 0 Å². The first kappa shape index (κ1) is 18.1. The topological polar surface area (TPSA) is 68.5 Å². The minimum Gasteiger partial charge on any atom is -0.440 e. The molecule has 142 valence electrons. The van der Waals surface area contributed by atoms with Gasteiger partial charge in [-0.05, 0) is 50.2 Å². The van der Waals surface area contributed by atoms with Gasteiger partial charge in [-0.2, -0.15) is 4.98 Å². The molecule has 6 nitrogen and oxygen atoms in total. The van der Waals surface area contributed by atoms with E-state index in [-0.39, 0.29) is 5.82 Å². The van der Waals surface area contributed by atoms with Crippen molar-refractivity contribution in [3.8, 4) is 11.4 Å². The van der Waals surface area contributed by atoms with E-state index in [1.165, 1.54) is 23.5 Å². The lowest BCUT2D eigenvalue weighted by atomic mass is 10.2. The summed E-state index contributed by atoms with van der Waals surface area (Å²) >= 11 is 1.41. The number of anilines is 1. The fourth-order valence-electron chi connectivity index (χ4n) is 2.84. The Morgan fingerprint density at radius 2 is 1.89 bits per heavy atom. The molecule has 0 radical (unpaired) electrons. The van der Waals surface area contributed by atoms with E-state index < -0.39 is 12.2 Å². The number of aryl methyl sites for hydroxylation is 1. The smallest absolute Gasteiger partial charge is 0.412 e. The molecule has 2 aromatic heterocycles. The summed E-state index contributed by atoms with van der Waals surface area (Å²) in [5.41, 5.74) is 2.26. The summed E-state index contributed by atoms with van der Waals surface area (Å²) in [6.07, 6.45) is -0.976. The third-order valence-electron chi connectivity index (χ3n) is 4.23. The van der Waals surface area contributed by atoms with E-state index in [2.05, 4.69) is 15.4 Å². The SMILES string of the molecule is Cc1c(C(C)OC(=O)Nc2ccccc2)sc2nc(-c3ccc(F)cc3)nn12. The molecule has 1 atom stereocenters. The molecule has 8 heteroatoms. The Balaban J connectivity index is 1.52. The molecule has 0 spiro atoms. The lowest BCUT2D eigenvalue weighted by Crippen LogP contribution is -2.16. The number of fused-ring (bicyclic) bond motifs is 1. The summed E-state index contributed by atoms with van der Waals surface area (Å²) < 4.78 is 20.3. The van der Waals surface area contributed by atoms with Crippen molar-refractivity contribution in [2.75, 3.05) is 5.32 Å². The van der Waals surface area contributed by atoms with E-state index in [1.807, 2.05) is 32.0 Å².